The number of nitrogens with zero attached hydrogens (tertiary/aromatic N) is 2. The zero-order valence-corrected chi connectivity index (χ0v) is 22.2. The number of fused-ring (bicyclic) bond motifs is 2. The summed E-state index contributed by atoms with van der Waals surface area (Å²) in [6, 6.07) is 14.9. The minimum Gasteiger partial charge on any atom is -0.317 e. The first-order valence-electron chi connectivity index (χ1n) is 11.6. The summed E-state index contributed by atoms with van der Waals surface area (Å²) < 4.78 is 26.4. The van der Waals surface area contributed by atoms with Gasteiger partial charge in [-0.3, -0.25) is 4.79 Å². The maximum absolute atomic E-state index is 12.9. The van der Waals surface area contributed by atoms with E-state index in [2.05, 4.69) is 23.3 Å². The van der Waals surface area contributed by atoms with E-state index >= 15 is 0 Å². The van der Waals surface area contributed by atoms with E-state index in [0.717, 1.165) is 50.9 Å². The number of carbonyl (C=O) groups excluding carboxylic acids is 1. The van der Waals surface area contributed by atoms with Crippen molar-refractivity contribution in [3.8, 4) is 10.6 Å². The molecule has 0 fully saturated rings. The number of thiazole rings is 1. The molecule has 0 atom stereocenters. The second-order valence-corrected chi connectivity index (χ2v) is 13.2. The number of carbonyl (C=O) groups is 1. The van der Waals surface area contributed by atoms with Gasteiger partial charge in [-0.25, -0.2) is 13.4 Å². The molecule has 3 heterocycles. The molecule has 5 rings (SSSR count). The molecule has 1 aliphatic heterocycles. The number of thiophene rings is 1. The van der Waals surface area contributed by atoms with Gasteiger partial charge in [0.15, 0.2) is 9.84 Å². The largest absolute Gasteiger partial charge is 0.317 e. The lowest BCUT2D eigenvalue weighted by Crippen LogP contribution is -2.25. The summed E-state index contributed by atoms with van der Waals surface area (Å²) in [5, 5.41) is 4.83. The van der Waals surface area contributed by atoms with Crippen molar-refractivity contribution in [1.82, 2.24) is 9.88 Å². The molecular weight excluding hydrogens is 499 g/mol. The Morgan fingerprint density at radius 1 is 1.11 bits per heavy atom. The lowest BCUT2D eigenvalue weighted by molar-refractivity contribution is -0.116. The van der Waals surface area contributed by atoms with Crippen molar-refractivity contribution >= 4 is 53.6 Å². The van der Waals surface area contributed by atoms with Gasteiger partial charge < -0.3 is 10.2 Å². The minimum absolute atomic E-state index is 0.0556. The molecule has 0 aliphatic carbocycles. The molecule has 1 amide bonds. The second kappa shape index (κ2) is 9.81. The molecule has 2 aromatic heterocycles. The number of nitrogens with one attached hydrogen (secondary N) is 1. The fourth-order valence-electron chi connectivity index (χ4n) is 4.30. The van der Waals surface area contributed by atoms with Gasteiger partial charge in [0.2, 0.25) is 5.91 Å². The highest BCUT2D eigenvalue weighted by molar-refractivity contribution is 7.91. The number of benzene rings is 2. The predicted octanol–water partition coefficient (Wildman–Crippen LogP) is 5.51. The van der Waals surface area contributed by atoms with Crippen LogP contribution in [-0.4, -0.2) is 43.6 Å². The monoisotopic (exact) mass is 525 g/mol. The first kappa shape index (κ1) is 24.1. The van der Waals surface area contributed by atoms with Gasteiger partial charge in [-0.1, -0.05) is 29.8 Å². The van der Waals surface area contributed by atoms with Crippen molar-refractivity contribution in [3.05, 3.63) is 64.5 Å². The number of aromatic nitrogens is 1. The summed E-state index contributed by atoms with van der Waals surface area (Å²) in [6.07, 6.45) is 1.33. The summed E-state index contributed by atoms with van der Waals surface area (Å²) in [5.41, 5.74) is 4.26. The smallest absolute Gasteiger partial charge is 0.225 e. The van der Waals surface area contributed by atoms with Crippen LogP contribution < -0.4 is 5.32 Å². The van der Waals surface area contributed by atoms with Gasteiger partial charge in [-0.05, 0) is 56.6 Å². The first-order chi connectivity index (χ1) is 16.8. The van der Waals surface area contributed by atoms with Crippen molar-refractivity contribution in [3.63, 3.8) is 0 Å². The molecule has 9 heteroatoms. The van der Waals surface area contributed by atoms with Crippen LogP contribution >= 0.6 is 22.7 Å². The van der Waals surface area contributed by atoms with E-state index in [9.17, 15) is 13.2 Å². The fraction of sp³-hybridized carbons (Fsp3) is 0.308. The summed E-state index contributed by atoms with van der Waals surface area (Å²) >= 11 is 3.25. The molecule has 182 valence electrons. The SMILES string of the molecule is Cc1ccc(S(=O)(=O)CCCC(=O)Nc2sc3c(c2-c2nc4ccccc4s2)CCN(C)C3)cc1. The summed E-state index contributed by atoms with van der Waals surface area (Å²) in [7, 11) is -1.31. The fourth-order valence-corrected chi connectivity index (χ4v) is 8.07. The normalized spacial score (nSPS) is 14.2. The number of amides is 1. The highest BCUT2D eigenvalue weighted by atomic mass is 32.2. The zero-order chi connectivity index (χ0) is 24.6. The standard InChI is InChI=1S/C26H27N3O3S3/c1-17-9-11-18(12-10-17)35(31,32)15-5-8-23(30)28-26-24(19-13-14-29(2)16-22(19)34-26)25-27-20-6-3-4-7-21(20)33-25/h3-4,6-7,9-12H,5,8,13-16H2,1-2H3,(H,28,30). The zero-order valence-electron chi connectivity index (χ0n) is 19.7. The molecule has 0 saturated carbocycles. The molecule has 6 nitrogen and oxygen atoms in total. The van der Waals surface area contributed by atoms with Gasteiger partial charge in [-0.15, -0.1) is 22.7 Å². The Hall–Kier alpha value is -2.59. The van der Waals surface area contributed by atoms with Crippen LogP contribution in [0.3, 0.4) is 0 Å². The number of aryl methyl sites for hydroxylation is 1. The Bertz CT molecular complexity index is 1450. The highest BCUT2D eigenvalue weighted by Gasteiger charge is 2.26. The molecule has 0 radical (unpaired) electrons. The van der Waals surface area contributed by atoms with Gasteiger partial charge in [0.25, 0.3) is 0 Å². The Kier molecular flexibility index (Phi) is 6.76. The molecule has 1 N–H and O–H groups in total. The number of hydrogen-bond donors (Lipinski definition) is 1. The van der Waals surface area contributed by atoms with Crippen LogP contribution in [0.4, 0.5) is 5.00 Å². The number of sulfone groups is 1. The number of likely N-dealkylation sites (N-methyl/N-ethyl adjacent to an activating group) is 1. The molecule has 0 unspecified atom stereocenters. The molecule has 0 saturated heterocycles. The van der Waals surface area contributed by atoms with E-state index in [1.54, 1.807) is 46.9 Å². The summed E-state index contributed by atoms with van der Waals surface area (Å²) in [5.74, 6) is -0.224. The van der Waals surface area contributed by atoms with Crippen LogP contribution in [0.1, 0.15) is 28.8 Å². The van der Waals surface area contributed by atoms with E-state index in [-0.39, 0.29) is 24.5 Å². The summed E-state index contributed by atoms with van der Waals surface area (Å²) in [6.45, 7) is 3.73. The number of hydrogen-bond acceptors (Lipinski definition) is 7. The van der Waals surface area contributed by atoms with Gasteiger partial charge >= 0.3 is 0 Å². The topological polar surface area (TPSA) is 79.4 Å². The molecular formula is C26H27N3O3S3. The summed E-state index contributed by atoms with van der Waals surface area (Å²) in [4.78, 5) is 21.6. The Labute approximate surface area is 213 Å². The molecule has 2 aromatic carbocycles. The van der Waals surface area contributed by atoms with Gasteiger partial charge in [0.1, 0.15) is 10.0 Å². The van der Waals surface area contributed by atoms with Crippen molar-refractivity contribution < 1.29 is 13.2 Å². The molecule has 35 heavy (non-hydrogen) atoms. The first-order valence-corrected chi connectivity index (χ1v) is 14.9. The van der Waals surface area contributed by atoms with Gasteiger partial charge in [0.05, 0.1) is 20.9 Å². The van der Waals surface area contributed by atoms with Crippen LogP contribution in [0.15, 0.2) is 53.4 Å². The average Bonchev–Trinajstić information content (AvgIpc) is 3.39. The number of rotatable bonds is 7. The van der Waals surface area contributed by atoms with Crippen LogP contribution in [0.25, 0.3) is 20.8 Å². The van der Waals surface area contributed by atoms with Crippen LogP contribution in [-0.2, 0) is 27.6 Å². The van der Waals surface area contributed by atoms with E-state index in [4.69, 9.17) is 4.98 Å². The van der Waals surface area contributed by atoms with Crippen molar-refractivity contribution in [2.24, 2.45) is 0 Å². The molecule has 0 bridgehead atoms. The minimum atomic E-state index is -3.41. The van der Waals surface area contributed by atoms with E-state index in [0.29, 0.717) is 4.90 Å². The van der Waals surface area contributed by atoms with Gasteiger partial charge in [-0.2, -0.15) is 0 Å². The van der Waals surface area contributed by atoms with E-state index < -0.39 is 9.84 Å². The Morgan fingerprint density at radius 2 is 1.89 bits per heavy atom. The van der Waals surface area contributed by atoms with Crippen molar-refractivity contribution in [1.29, 1.82) is 0 Å². The Balaban J connectivity index is 1.34. The van der Waals surface area contributed by atoms with Crippen LogP contribution in [0.5, 0.6) is 0 Å². The van der Waals surface area contributed by atoms with E-state index in [1.807, 2.05) is 25.1 Å². The van der Waals surface area contributed by atoms with E-state index in [1.165, 1.54) is 10.4 Å². The maximum atomic E-state index is 12.9. The van der Waals surface area contributed by atoms with Crippen molar-refractivity contribution in [2.75, 3.05) is 24.7 Å². The Morgan fingerprint density at radius 3 is 2.66 bits per heavy atom. The van der Waals surface area contributed by atoms with Crippen molar-refractivity contribution in [2.45, 2.75) is 37.6 Å². The maximum Gasteiger partial charge on any atom is 0.225 e. The average molecular weight is 526 g/mol. The third-order valence-electron chi connectivity index (χ3n) is 6.21. The number of anilines is 1. The second-order valence-electron chi connectivity index (χ2n) is 8.97. The third-order valence-corrected chi connectivity index (χ3v) is 10.2. The predicted molar refractivity (Wildman–Crippen MR) is 144 cm³/mol. The molecule has 4 aromatic rings. The van der Waals surface area contributed by atoms with Crippen LogP contribution in [0.2, 0.25) is 0 Å². The number of para-hydroxylation sites is 1. The lowest BCUT2D eigenvalue weighted by Gasteiger charge is -2.22. The molecule has 1 aliphatic rings. The third kappa shape index (κ3) is 5.18. The molecule has 0 spiro atoms. The lowest BCUT2D eigenvalue weighted by atomic mass is 10.0. The quantitative estimate of drug-likeness (QED) is 0.344. The van der Waals surface area contributed by atoms with Gasteiger partial charge in [0, 0.05) is 30.0 Å². The van der Waals surface area contributed by atoms with Crippen LogP contribution in [0, 0.1) is 6.92 Å². The highest BCUT2D eigenvalue weighted by Crippen LogP contribution is 2.45.